The molecule has 4 aliphatic rings. The van der Waals surface area contributed by atoms with Gasteiger partial charge < -0.3 is 19.7 Å². The predicted molar refractivity (Wildman–Crippen MR) is 323 cm³/mol. The predicted octanol–water partition coefficient (Wildman–Crippen LogP) is 17.4. The van der Waals surface area contributed by atoms with Gasteiger partial charge >= 0.3 is 0 Å². The fourth-order valence-corrected chi connectivity index (χ4v) is 13.5. The van der Waals surface area contributed by atoms with Gasteiger partial charge in [0.05, 0.1) is 11.2 Å². The van der Waals surface area contributed by atoms with Crippen molar-refractivity contribution in [3.8, 4) is 22.4 Å². The molecule has 380 valence electrons. The van der Waals surface area contributed by atoms with E-state index in [1.807, 2.05) is 6.20 Å². The minimum Gasteiger partial charge on any atom is -0.361 e. The highest BCUT2D eigenvalue weighted by Gasteiger charge is 2.58. The second kappa shape index (κ2) is 16.9. The lowest BCUT2D eigenvalue weighted by Gasteiger charge is -2.51. The lowest BCUT2D eigenvalue weighted by atomic mass is 9.33. The third-order valence-corrected chi connectivity index (χ3v) is 18.2. The number of hydrogen-bond acceptors (Lipinski definition) is 3. The Labute approximate surface area is 449 Å². The fraction of sp³-hybridized carbons (Fsp3) is 0.343. The Morgan fingerprint density at radius 3 is 1.65 bits per heavy atom. The molecule has 3 aliphatic heterocycles. The zero-order valence-electron chi connectivity index (χ0n) is 47.3. The lowest BCUT2D eigenvalue weighted by molar-refractivity contribution is 0.195. The molecule has 8 aromatic rings. The second-order valence-corrected chi connectivity index (χ2v) is 27.2. The van der Waals surface area contributed by atoms with E-state index in [1.54, 1.807) is 0 Å². The van der Waals surface area contributed by atoms with E-state index in [9.17, 15) is 0 Å². The van der Waals surface area contributed by atoms with Gasteiger partial charge in [-0.25, -0.2) is 0 Å². The summed E-state index contributed by atoms with van der Waals surface area (Å²) in [6.45, 7) is 33.3. The smallest absolute Gasteiger partial charge is 0.252 e. The molecule has 2 atom stereocenters. The summed E-state index contributed by atoms with van der Waals surface area (Å²) in [5.74, 6) is 0. The van der Waals surface area contributed by atoms with E-state index in [4.69, 9.17) is 0 Å². The van der Waals surface area contributed by atoms with Crippen LogP contribution in [-0.4, -0.2) is 17.2 Å². The Bertz CT molecular complexity index is 3520. The summed E-state index contributed by atoms with van der Waals surface area (Å²) in [6.07, 6.45) is 6.81. The molecule has 0 radical (unpaired) electrons. The van der Waals surface area contributed by atoms with Gasteiger partial charge in [-0.1, -0.05) is 176 Å². The van der Waals surface area contributed by atoms with Crippen molar-refractivity contribution in [1.29, 1.82) is 0 Å². The summed E-state index contributed by atoms with van der Waals surface area (Å²) in [7, 11) is 0. The molecule has 75 heavy (non-hydrogen) atoms. The highest BCUT2D eigenvalue weighted by Crippen LogP contribution is 2.62. The molecule has 1 fully saturated rings. The van der Waals surface area contributed by atoms with Crippen LogP contribution in [0.5, 0.6) is 0 Å². The highest BCUT2D eigenvalue weighted by molar-refractivity contribution is 7.00. The third kappa shape index (κ3) is 7.76. The topological polar surface area (TPSA) is 25.5 Å². The van der Waals surface area contributed by atoms with Crippen LogP contribution < -0.4 is 31.1 Å². The van der Waals surface area contributed by atoms with Crippen LogP contribution in [0.3, 0.4) is 0 Å². The number of nitrogens with zero attached hydrogens (tertiary/aromatic N) is 3. The molecule has 2 unspecified atom stereocenters. The Hall–Kier alpha value is -6.72. The molecule has 12 rings (SSSR count). The van der Waals surface area contributed by atoms with Crippen molar-refractivity contribution >= 4 is 68.6 Å². The Morgan fingerprint density at radius 2 is 1.00 bits per heavy atom. The third-order valence-electron chi connectivity index (χ3n) is 18.2. The van der Waals surface area contributed by atoms with Crippen LogP contribution in [0.4, 0.5) is 45.5 Å². The molecule has 1 aliphatic carbocycles. The molecule has 4 heterocycles. The van der Waals surface area contributed by atoms with E-state index < -0.39 is 0 Å². The van der Waals surface area contributed by atoms with Crippen molar-refractivity contribution in [2.24, 2.45) is 0 Å². The first-order valence-corrected chi connectivity index (χ1v) is 27.9. The van der Waals surface area contributed by atoms with Crippen LogP contribution in [0.15, 0.2) is 158 Å². The van der Waals surface area contributed by atoms with Gasteiger partial charge in [0, 0.05) is 62.7 Å². The molecule has 5 heteroatoms. The van der Waals surface area contributed by atoms with Crippen molar-refractivity contribution in [2.45, 2.75) is 155 Å². The zero-order chi connectivity index (χ0) is 52.8. The first-order valence-electron chi connectivity index (χ1n) is 27.9. The molecule has 1 aromatic heterocycles. The lowest BCUT2D eigenvalue weighted by Crippen LogP contribution is -2.61. The number of aromatic amines is 1. The van der Waals surface area contributed by atoms with Crippen LogP contribution in [0.1, 0.15) is 150 Å². The summed E-state index contributed by atoms with van der Waals surface area (Å²) in [5.41, 5.74) is 25.3. The SMILES string of the molecule is CC(C)(C)c1ccc(N2c3cc(N4c5ccc(-c6ccc[nH]6)cc5C5(C)CCCCC45C)ccc3B3c4ccc(C(C)(C)C)cc4N(c4ccc(C(C)(C)C)cc4-c4ccccc4)c4cc(C(C)(C)C)cc2c43)cc1. The van der Waals surface area contributed by atoms with E-state index in [-0.39, 0.29) is 39.3 Å². The van der Waals surface area contributed by atoms with E-state index in [0.717, 1.165) is 6.42 Å². The number of benzene rings is 7. The van der Waals surface area contributed by atoms with Crippen molar-refractivity contribution in [1.82, 2.24) is 4.98 Å². The standard InChI is InChI=1S/C70H77BN4/c1-65(2,3)47-25-29-51(30-26-47)73-61-44-52(75-59-34-24-46(57-23-20-38-72-57)39-54(59)69(13)36-18-19-37-70(69,75)14)31-33-56(61)71-55-32-27-49(67(7,8)9)41-60(55)74(63-43-50(68(10,11)12)42-62(73)64(63)71)58-35-28-48(66(4,5)6)40-53(58)45-21-16-15-17-22-45/h15-17,20-35,38-44,72H,18-19,36-37H2,1-14H3. The summed E-state index contributed by atoms with van der Waals surface area (Å²) in [6, 6.07) is 59.6. The van der Waals surface area contributed by atoms with Crippen LogP contribution in [0.2, 0.25) is 0 Å². The molecule has 4 nitrogen and oxygen atoms in total. The molecule has 0 spiro atoms. The highest BCUT2D eigenvalue weighted by atomic mass is 15.3. The maximum absolute atomic E-state index is 3.51. The van der Waals surface area contributed by atoms with E-state index in [0.29, 0.717) is 0 Å². The molecule has 0 bridgehead atoms. The summed E-state index contributed by atoms with van der Waals surface area (Å²) < 4.78 is 0. The van der Waals surface area contributed by atoms with Gasteiger partial charge in [-0.05, 0) is 176 Å². The first-order chi connectivity index (χ1) is 35.5. The number of rotatable bonds is 5. The number of nitrogens with one attached hydrogen (secondary N) is 1. The van der Waals surface area contributed by atoms with Gasteiger partial charge in [0.1, 0.15) is 0 Å². The van der Waals surface area contributed by atoms with Gasteiger partial charge in [0.15, 0.2) is 0 Å². The van der Waals surface area contributed by atoms with Crippen LogP contribution in [0.25, 0.3) is 22.4 Å². The molecule has 7 aromatic carbocycles. The normalized spacial score (nSPS) is 19.1. The number of aromatic nitrogens is 1. The van der Waals surface area contributed by atoms with Crippen molar-refractivity contribution < 1.29 is 0 Å². The van der Waals surface area contributed by atoms with Crippen molar-refractivity contribution in [2.75, 3.05) is 14.7 Å². The quantitative estimate of drug-likeness (QED) is 0.174. The number of hydrogen-bond donors (Lipinski definition) is 1. The zero-order valence-corrected chi connectivity index (χ0v) is 47.3. The van der Waals surface area contributed by atoms with Gasteiger partial charge in [-0.2, -0.15) is 0 Å². The number of fused-ring (bicyclic) bond motifs is 7. The number of anilines is 8. The molecule has 0 saturated heterocycles. The summed E-state index contributed by atoms with van der Waals surface area (Å²) in [4.78, 5) is 11.6. The Balaban J connectivity index is 1.16. The maximum Gasteiger partial charge on any atom is 0.252 e. The number of H-pyrrole nitrogens is 1. The molecule has 1 N–H and O–H groups in total. The van der Waals surface area contributed by atoms with Crippen LogP contribution >= 0.6 is 0 Å². The van der Waals surface area contributed by atoms with Gasteiger partial charge in [-0.3, -0.25) is 0 Å². The summed E-state index contributed by atoms with van der Waals surface area (Å²) in [5, 5.41) is 0. The average Bonchev–Trinajstić information content (AvgIpc) is 3.98. The van der Waals surface area contributed by atoms with Gasteiger partial charge in [0.25, 0.3) is 6.71 Å². The first kappa shape index (κ1) is 49.2. The van der Waals surface area contributed by atoms with Gasteiger partial charge in [-0.15, -0.1) is 0 Å². The second-order valence-electron chi connectivity index (χ2n) is 27.2. The molecule has 1 saturated carbocycles. The Morgan fingerprint density at radius 1 is 0.440 bits per heavy atom. The fourth-order valence-electron chi connectivity index (χ4n) is 13.5. The Kier molecular flexibility index (Phi) is 11.1. The molecule has 0 amide bonds. The summed E-state index contributed by atoms with van der Waals surface area (Å²) >= 11 is 0. The average molecular weight is 985 g/mol. The van der Waals surface area contributed by atoms with E-state index >= 15 is 0 Å². The molecular weight excluding hydrogens is 908 g/mol. The largest absolute Gasteiger partial charge is 0.361 e. The van der Waals surface area contributed by atoms with Crippen molar-refractivity contribution in [3.05, 3.63) is 186 Å². The van der Waals surface area contributed by atoms with E-state index in [1.165, 1.54) is 131 Å². The minimum atomic E-state index is -0.152. The van der Waals surface area contributed by atoms with Crippen molar-refractivity contribution in [3.63, 3.8) is 0 Å². The van der Waals surface area contributed by atoms with E-state index in [2.05, 4.69) is 268 Å². The van der Waals surface area contributed by atoms with Crippen LogP contribution in [-0.2, 0) is 27.1 Å². The monoisotopic (exact) mass is 985 g/mol. The van der Waals surface area contributed by atoms with Gasteiger partial charge in [0.2, 0.25) is 0 Å². The van der Waals surface area contributed by atoms with Crippen LogP contribution in [0, 0.1) is 0 Å². The molecular formula is C70H77BN4. The maximum atomic E-state index is 3.51. The minimum absolute atomic E-state index is 0.0165.